The van der Waals surface area contributed by atoms with Gasteiger partial charge in [-0.2, -0.15) is 0 Å². The topological polar surface area (TPSA) is 75.5 Å². The number of nitro groups is 1. The summed E-state index contributed by atoms with van der Waals surface area (Å²) in [6.07, 6.45) is 0. The van der Waals surface area contributed by atoms with Gasteiger partial charge in [0.25, 0.3) is 11.6 Å². The average Bonchev–Trinajstić information content (AvgIpc) is 3.09. The van der Waals surface area contributed by atoms with Crippen molar-refractivity contribution < 1.29 is 9.72 Å². The molecule has 1 aromatic carbocycles. The number of thiophene rings is 1. The third kappa shape index (κ3) is 4.23. The van der Waals surface area contributed by atoms with E-state index in [9.17, 15) is 14.9 Å². The zero-order chi connectivity index (χ0) is 18.0. The Morgan fingerprint density at radius 3 is 2.65 bits per heavy atom. The van der Waals surface area contributed by atoms with Crippen molar-refractivity contribution in [2.24, 2.45) is 0 Å². The highest BCUT2D eigenvalue weighted by molar-refractivity contribution is 7.10. The fourth-order valence-electron chi connectivity index (χ4n) is 3.29. The molecule has 1 N–H and O–H groups in total. The zero-order valence-corrected chi connectivity index (χ0v) is 16.3. The van der Waals surface area contributed by atoms with Crippen LogP contribution in [0.1, 0.15) is 46.6 Å². The van der Waals surface area contributed by atoms with E-state index in [1.54, 1.807) is 11.3 Å². The summed E-state index contributed by atoms with van der Waals surface area (Å²) in [6.45, 7) is 6.76. The molecular formula is C18H22ClN3O3S. The molecule has 8 heteroatoms. The first kappa shape index (κ1) is 20.4. The Kier molecular flexibility index (Phi) is 6.75. The van der Waals surface area contributed by atoms with E-state index in [2.05, 4.69) is 35.5 Å². The van der Waals surface area contributed by atoms with Crippen LogP contribution in [0.2, 0.25) is 0 Å². The van der Waals surface area contributed by atoms with E-state index in [-0.39, 0.29) is 24.0 Å². The fraction of sp³-hybridized carbons (Fsp3) is 0.389. The first-order valence-electron chi connectivity index (χ1n) is 8.31. The molecule has 1 amide bonds. The van der Waals surface area contributed by atoms with Gasteiger partial charge >= 0.3 is 0 Å². The van der Waals surface area contributed by atoms with Crippen LogP contribution in [-0.4, -0.2) is 35.4 Å². The summed E-state index contributed by atoms with van der Waals surface area (Å²) in [4.78, 5) is 26.2. The number of nitro benzene ring substituents is 1. The summed E-state index contributed by atoms with van der Waals surface area (Å²) in [5, 5.41) is 15.7. The van der Waals surface area contributed by atoms with Gasteiger partial charge in [-0.3, -0.25) is 19.8 Å². The normalized spacial score (nSPS) is 19.3. The van der Waals surface area contributed by atoms with Crippen LogP contribution in [0.15, 0.2) is 35.7 Å². The molecule has 6 nitrogen and oxygen atoms in total. The minimum Gasteiger partial charge on any atom is -0.351 e. The minimum atomic E-state index is -0.473. The molecule has 0 saturated carbocycles. The van der Waals surface area contributed by atoms with Crippen LogP contribution in [0.4, 0.5) is 5.69 Å². The maximum Gasteiger partial charge on any atom is 0.269 e. The Bertz CT molecular complexity index is 778. The Morgan fingerprint density at radius 2 is 2.00 bits per heavy atom. The van der Waals surface area contributed by atoms with Gasteiger partial charge < -0.3 is 5.32 Å². The molecule has 0 bridgehead atoms. The third-order valence-electron chi connectivity index (χ3n) is 4.72. The van der Waals surface area contributed by atoms with Gasteiger partial charge in [0.15, 0.2) is 0 Å². The number of non-ortho nitro benzene ring substituents is 1. The first-order valence-corrected chi connectivity index (χ1v) is 9.19. The van der Waals surface area contributed by atoms with E-state index in [1.807, 2.05) is 0 Å². The van der Waals surface area contributed by atoms with Crippen molar-refractivity contribution in [2.45, 2.75) is 25.8 Å². The number of hydrogen-bond acceptors (Lipinski definition) is 5. The van der Waals surface area contributed by atoms with Crippen LogP contribution in [0, 0.1) is 10.1 Å². The van der Waals surface area contributed by atoms with Crippen molar-refractivity contribution in [3.8, 4) is 0 Å². The van der Waals surface area contributed by atoms with Crippen molar-refractivity contribution in [2.75, 3.05) is 19.6 Å². The van der Waals surface area contributed by atoms with Crippen molar-refractivity contribution in [1.82, 2.24) is 10.2 Å². The molecule has 1 aliphatic heterocycles. The van der Waals surface area contributed by atoms with E-state index >= 15 is 0 Å². The summed E-state index contributed by atoms with van der Waals surface area (Å²) in [5.74, 6) is 0.298. The van der Waals surface area contributed by atoms with Gasteiger partial charge in [0.1, 0.15) is 0 Å². The molecule has 140 valence electrons. The molecule has 3 rings (SSSR count). The highest BCUT2D eigenvalue weighted by Crippen LogP contribution is 2.38. The zero-order valence-electron chi connectivity index (χ0n) is 14.7. The SMILES string of the molecule is C[C@H]1CN(CCNC(=O)c2ccc([N+](=O)[O-])cc2)[C@@H](C)c2sccc21.Cl. The van der Waals surface area contributed by atoms with Gasteiger partial charge in [-0.05, 0) is 42.0 Å². The second-order valence-corrected chi connectivity index (χ2v) is 7.32. The molecule has 0 unspecified atom stereocenters. The lowest BCUT2D eigenvalue weighted by Crippen LogP contribution is -2.40. The first-order chi connectivity index (χ1) is 12.0. The lowest BCUT2D eigenvalue weighted by atomic mass is 9.93. The summed E-state index contributed by atoms with van der Waals surface area (Å²) in [5.41, 5.74) is 1.87. The molecule has 0 fully saturated rings. The fourth-order valence-corrected chi connectivity index (χ4v) is 4.40. The standard InChI is InChI=1S/C18H21N3O3S.ClH/c1-12-11-20(13(2)17-16(12)7-10-25-17)9-8-19-18(22)14-3-5-15(6-4-14)21(23)24;/h3-7,10,12-13H,8-9,11H2,1-2H3,(H,19,22);1H/t12-,13-;/m0./s1. The van der Waals surface area contributed by atoms with E-state index in [4.69, 9.17) is 0 Å². The number of benzene rings is 1. The summed E-state index contributed by atoms with van der Waals surface area (Å²) >= 11 is 1.80. The molecule has 0 aliphatic carbocycles. The van der Waals surface area contributed by atoms with Crippen molar-refractivity contribution in [3.05, 3.63) is 61.8 Å². The summed E-state index contributed by atoms with van der Waals surface area (Å²) in [6, 6.07) is 8.24. The number of amides is 1. The molecule has 2 heterocycles. The van der Waals surface area contributed by atoms with E-state index < -0.39 is 4.92 Å². The van der Waals surface area contributed by atoms with Crippen LogP contribution >= 0.6 is 23.7 Å². The Balaban J connectivity index is 0.00000243. The maximum absolute atomic E-state index is 12.2. The quantitative estimate of drug-likeness (QED) is 0.613. The largest absolute Gasteiger partial charge is 0.351 e. The van der Waals surface area contributed by atoms with Crippen molar-refractivity contribution >= 4 is 35.3 Å². The molecule has 1 aromatic heterocycles. The smallest absolute Gasteiger partial charge is 0.269 e. The highest BCUT2D eigenvalue weighted by Gasteiger charge is 2.28. The number of halogens is 1. The lowest BCUT2D eigenvalue weighted by molar-refractivity contribution is -0.384. The van der Waals surface area contributed by atoms with E-state index in [0.29, 0.717) is 24.1 Å². The minimum absolute atomic E-state index is 0. The number of nitrogens with one attached hydrogen (secondary N) is 1. The predicted octanol–water partition coefficient (Wildman–Crippen LogP) is 3.99. The van der Waals surface area contributed by atoms with E-state index in [1.165, 1.54) is 34.7 Å². The van der Waals surface area contributed by atoms with Crippen LogP contribution in [0.25, 0.3) is 0 Å². The molecule has 26 heavy (non-hydrogen) atoms. The molecule has 1 aliphatic rings. The van der Waals surface area contributed by atoms with Crippen LogP contribution < -0.4 is 5.32 Å². The van der Waals surface area contributed by atoms with E-state index in [0.717, 1.165) is 13.1 Å². The van der Waals surface area contributed by atoms with Gasteiger partial charge in [0.05, 0.1) is 4.92 Å². The van der Waals surface area contributed by atoms with Gasteiger partial charge in [-0.1, -0.05) is 6.92 Å². The summed E-state index contributed by atoms with van der Waals surface area (Å²) < 4.78 is 0. The number of rotatable bonds is 5. The Hall–Kier alpha value is -1.96. The molecule has 0 spiro atoms. The van der Waals surface area contributed by atoms with Gasteiger partial charge in [-0.25, -0.2) is 0 Å². The summed E-state index contributed by atoms with van der Waals surface area (Å²) in [7, 11) is 0. The molecule has 2 aromatic rings. The lowest BCUT2D eigenvalue weighted by Gasteiger charge is -2.36. The van der Waals surface area contributed by atoms with Gasteiger partial charge in [0, 0.05) is 48.2 Å². The van der Waals surface area contributed by atoms with Gasteiger partial charge in [-0.15, -0.1) is 23.7 Å². The van der Waals surface area contributed by atoms with Crippen LogP contribution in [0.3, 0.4) is 0 Å². The third-order valence-corrected chi connectivity index (χ3v) is 5.82. The predicted molar refractivity (Wildman–Crippen MR) is 105 cm³/mol. The van der Waals surface area contributed by atoms with Crippen molar-refractivity contribution in [1.29, 1.82) is 0 Å². The molecule has 2 atom stereocenters. The number of nitrogens with zero attached hydrogens (tertiary/aromatic N) is 2. The second kappa shape index (κ2) is 8.62. The van der Waals surface area contributed by atoms with Gasteiger partial charge in [0.2, 0.25) is 0 Å². The molecular weight excluding hydrogens is 374 g/mol. The molecule has 0 radical (unpaired) electrons. The number of hydrogen-bond donors (Lipinski definition) is 1. The van der Waals surface area contributed by atoms with Crippen LogP contribution in [0.5, 0.6) is 0 Å². The average molecular weight is 396 g/mol. The number of fused-ring (bicyclic) bond motifs is 1. The highest BCUT2D eigenvalue weighted by atomic mass is 35.5. The number of carbonyl (C=O) groups is 1. The van der Waals surface area contributed by atoms with Crippen LogP contribution in [-0.2, 0) is 0 Å². The number of carbonyl (C=O) groups excluding carboxylic acids is 1. The monoisotopic (exact) mass is 395 g/mol. The maximum atomic E-state index is 12.2. The van der Waals surface area contributed by atoms with Crippen molar-refractivity contribution in [3.63, 3.8) is 0 Å². The second-order valence-electron chi connectivity index (χ2n) is 6.37. The molecule has 0 saturated heterocycles. The Morgan fingerprint density at radius 1 is 1.31 bits per heavy atom. The Labute approximate surface area is 162 Å².